The second-order valence-corrected chi connectivity index (χ2v) is 5.02. The van der Waals surface area contributed by atoms with E-state index in [4.69, 9.17) is 0 Å². The molecule has 0 radical (unpaired) electrons. The first-order valence-electron chi connectivity index (χ1n) is 6.71. The predicted molar refractivity (Wildman–Crippen MR) is 78.1 cm³/mol. The Morgan fingerprint density at radius 1 is 1.00 bits per heavy atom. The zero-order chi connectivity index (χ0) is 14.3. The van der Waals surface area contributed by atoms with Crippen molar-refractivity contribution in [2.45, 2.75) is 40.0 Å². The fraction of sp³-hybridized carbons (Fsp3) is 0.467. The van der Waals surface area contributed by atoms with Crippen molar-refractivity contribution in [1.29, 1.82) is 0 Å². The third-order valence-electron chi connectivity index (χ3n) is 2.52. The first-order valence-corrected chi connectivity index (χ1v) is 6.71. The van der Waals surface area contributed by atoms with Crippen LogP contribution in [0.4, 0.5) is 11.4 Å². The van der Waals surface area contributed by atoms with Crippen LogP contribution in [0.1, 0.15) is 40.0 Å². The van der Waals surface area contributed by atoms with Crippen molar-refractivity contribution in [1.82, 2.24) is 0 Å². The SMILES string of the molecule is CCCC(=O)Nc1ccc(NC(=O)CC(C)C)cc1. The number of hydrogen-bond acceptors (Lipinski definition) is 2. The van der Waals surface area contributed by atoms with Crippen LogP contribution in [0.3, 0.4) is 0 Å². The summed E-state index contributed by atoms with van der Waals surface area (Å²) in [7, 11) is 0. The molecule has 0 aliphatic carbocycles. The number of carbonyl (C=O) groups is 2. The van der Waals surface area contributed by atoms with E-state index in [0.717, 1.165) is 17.8 Å². The van der Waals surface area contributed by atoms with Gasteiger partial charge in [-0.2, -0.15) is 0 Å². The van der Waals surface area contributed by atoms with E-state index in [9.17, 15) is 9.59 Å². The average molecular weight is 262 g/mol. The minimum Gasteiger partial charge on any atom is -0.326 e. The smallest absolute Gasteiger partial charge is 0.224 e. The fourth-order valence-corrected chi connectivity index (χ4v) is 1.67. The van der Waals surface area contributed by atoms with Crippen molar-refractivity contribution < 1.29 is 9.59 Å². The third-order valence-corrected chi connectivity index (χ3v) is 2.52. The van der Waals surface area contributed by atoms with Gasteiger partial charge in [-0.05, 0) is 36.6 Å². The van der Waals surface area contributed by atoms with Crippen molar-refractivity contribution in [3.8, 4) is 0 Å². The molecule has 4 nitrogen and oxygen atoms in total. The Bertz CT molecular complexity index is 424. The molecule has 0 saturated heterocycles. The van der Waals surface area contributed by atoms with Crippen LogP contribution in [-0.4, -0.2) is 11.8 Å². The van der Waals surface area contributed by atoms with Gasteiger partial charge in [-0.1, -0.05) is 20.8 Å². The van der Waals surface area contributed by atoms with E-state index in [1.165, 1.54) is 0 Å². The highest BCUT2D eigenvalue weighted by Crippen LogP contribution is 2.14. The van der Waals surface area contributed by atoms with Crippen LogP contribution in [-0.2, 0) is 9.59 Å². The van der Waals surface area contributed by atoms with E-state index in [-0.39, 0.29) is 11.8 Å². The number of anilines is 2. The van der Waals surface area contributed by atoms with Crippen LogP contribution in [0.2, 0.25) is 0 Å². The Kier molecular flexibility index (Phi) is 6.06. The summed E-state index contributed by atoms with van der Waals surface area (Å²) in [6.07, 6.45) is 1.86. The standard InChI is InChI=1S/C15H22N2O2/c1-4-5-14(18)16-12-6-8-13(9-7-12)17-15(19)10-11(2)3/h6-9,11H,4-5,10H2,1-3H3,(H,16,18)(H,17,19). The van der Waals surface area contributed by atoms with Gasteiger partial charge in [0.2, 0.25) is 11.8 Å². The zero-order valence-electron chi connectivity index (χ0n) is 11.8. The number of nitrogens with one attached hydrogen (secondary N) is 2. The molecule has 0 aliphatic heterocycles. The van der Waals surface area contributed by atoms with E-state index in [1.807, 2.05) is 20.8 Å². The average Bonchev–Trinajstić information content (AvgIpc) is 2.31. The molecule has 1 rings (SSSR count). The van der Waals surface area contributed by atoms with Gasteiger partial charge in [0.25, 0.3) is 0 Å². The van der Waals surface area contributed by atoms with Crippen molar-refractivity contribution in [3.63, 3.8) is 0 Å². The molecule has 1 aromatic carbocycles. The molecule has 0 spiro atoms. The Morgan fingerprint density at radius 3 is 1.89 bits per heavy atom. The van der Waals surface area contributed by atoms with Gasteiger partial charge in [-0.15, -0.1) is 0 Å². The maximum atomic E-state index is 11.6. The molecular weight excluding hydrogens is 240 g/mol. The van der Waals surface area contributed by atoms with E-state index in [1.54, 1.807) is 24.3 Å². The molecule has 0 bridgehead atoms. The van der Waals surface area contributed by atoms with Gasteiger partial charge in [0.15, 0.2) is 0 Å². The number of carbonyl (C=O) groups excluding carboxylic acids is 2. The summed E-state index contributed by atoms with van der Waals surface area (Å²) < 4.78 is 0. The Balaban J connectivity index is 2.52. The van der Waals surface area contributed by atoms with Crippen molar-refractivity contribution in [2.24, 2.45) is 5.92 Å². The van der Waals surface area contributed by atoms with Crippen molar-refractivity contribution >= 4 is 23.2 Å². The monoisotopic (exact) mass is 262 g/mol. The summed E-state index contributed by atoms with van der Waals surface area (Å²) >= 11 is 0. The molecule has 0 saturated carbocycles. The first kappa shape index (κ1) is 15.2. The van der Waals surface area contributed by atoms with Gasteiger partial charge in [-0.25, -0.2) is 0 Å². The summed E-state index contributed by atoms with van der Waals surface area (Å²) in [6, 6.07) is 7.16. The maximum absolute atomic E-state index is 11.6. The van der Waals surface area contributed by atoms with Crippen molar-refractivity contribution in [2.75, 3.05) is 10.6 Å². The van der Waals surface area contributed by atoms with Crippen LogP contribution in [0.15, 0.2) is 24.3 Å². The van der Waals surface area contributed by atoms with Crippen LogP contribution in [0, 0.1) is 5.92 Å². The molecule has 2 N–H and O–H groups in total. The molecule has 104 valence electrons. The quantitative estimate of drug-likeness (QED) is 0.825. The van der Waals surface area contributed by atoms with Gasteiger partial charge < -0.3 is 10.6 Å². The normalized spacial score (nSPS) is 10.3. The van der Waals surface area contributed by atoms with E-state index in [0.29, 0.717) is 18.8 Å². The lowest BCUT2D eigenvalue weighted by atomic mass is 10.1. The molecule has 0 aliphatic rings. The molecule has 19 heavy (non-hydrogen) atoms. The van der Waals surface area contributed by atoms with Gasteiger partial charge in [0.05, 0.1) is 0 Å². The number of benzene rings is 1. The summed E-state index contributed by atoms with van der Waals surface area (Å²) in [5.41, 5.74) is 1.50. The summed E-state index contributed by atoms with van der Waals surface area (Å²) in [4.78, 5) is 23.0. The van der Waals surface area contributed by atoms with Gasteiger partial charge in [0, 0.05) is 24.2 Å². The molecule has 4 heteroatoms. The first-order chi connectivity index (χ1) is 9.01. The molecule has 0 aromatic heterocycles. The largest absolute Gasteiger partial charge is 0.326 e. The molecule has 0 heterocycles. The topological polar surface area (TPSA) is 58.2 Å². The van der Waals surface area contributed by atoms with Crippen LogP contribution in [0.5, 0.6) is 0 Å². The van der Waals surface area contributed by atoms with Gasteiger partial charge in [0.1, 0.15) is 0 Å². The highest BCUT2D eigenvalue weighted by atomic mass is 16.2. The van der Waals surface area contributed by atoms with Crippen LogP contribution >= 0.6 is 0 Å². The van der Waals surface area contributed by atoms with E-state index < -0.39 is 0 Å². The molecule has 0 unspecified atom stereocenters. The number of hydrogen-bond donors (Lipinski definition) is 2. The summed E-state index contributed by atoms with van der Waals surface area (Å²) in [5, 5.41) is 5.63. The van der Waals surface area contributed by atoms with Crippen LogP contribution in [0.25, 0.3) is 0 Å². The molecule has 0 fully saturated rings. The second-order valence-electron chi connectivity index (χ2n) is 5.02. The number of amides is 2. The minimum atomic E-state index is 0.0118. The lowest BCUT2D eigenvalue weighted by Crippen LogP contribution is -2.14. The lowest BCUT2D eigenvalue weighted by Gasteiger charge is -2.08. The third kappa shape index (κ3) is 6.04. The molecule has 0 atom stereocenters. The van der Waals surface area contributed by atoms with E-state index in [2.05, 4.69) is 10.6 Å². The lowest BCUT2D eigenvalue weighted by molar-refractivity contribution is -0.117. The Morgan fingerprint density at radius 2 is 1.47 bits per heavy atom. The van der Waals surface area contributed by atoms with Gasteiger partial charge >= 0.3 is 0 Å². The summed E-state index contributed by atoms with van der Waals surface area (Å²) in [6.45, 7) is 5.98. The number of rotatable bonds is 6. The highest BCUT2D eigenvalue weighted by molar-refractivity contribution is 5.92. The van der Waals surface area contributed by atoms with Crippen molar-refractivity contribution in [3.05, 3.63) is 24.3 Å². The Labute approximate surface area is 114 Å². The fourth-order valence-electron chi connectivity index (χ4n) is 1.67. The molecule has 1 aromatic rings. The zero-order valence-corrected chi connectivity index (χ0v) is 11.8. The van der Waals surface area contributed by atoms with Gasteiger partial charge in [-0.3, -0.25) is 9.59 Å². The Hall–Kier alpha value is -1.84. The minimum absolute atomic E-state index is 0.0118. The second kappa shape index (κ2) is 7.56. The van der Waals surface area contributed by atoms with Crippen LogP contribution < -0.4 is 10.6 Å². The molecule has 2 amide bonds. The summed E-state index contributed by atoms with van der Waals surface area (Å²) in [5.74, 6) is 0.365. The van der Waals surface area contributed by atoms with E-state index >= 15 is 0 Å². The highest BCUT2D eigenvalue weighted by Gasteiger charge is 2.05. The molecular formula is C15H22N2O2. The maximum Gasteiger partial charge on any atom is 0.224 e. The predicted octanol–water partition coefficient (Wildman–Crippen LogP) is 3.41.